The SMILES string of the molecule is COc1cccc(C=C2SC(=S)N(CC(=O)N3c4ccccc4Sc4ccc(Cl)cc43)C2=O)c1. The summed E-state index contributed by atoms with van der Waals surface area (Å²) in [5.41, 5.74) is 2.26. The lowest BCUT2D eigenvalue weighted by atomic mass is 10.2. The van der Waals surface area contributed by atoms with Crippen LogP contribution in [0.4, 0.5) is 11.4 Å². The third-order valence-corrected chi connectivity index (χ3v) is 8.04. The zero-order chi connectivity index (χ0) is 23.8. The molecule has 0 aliphatic carbocycles. The van der Waals surface area contributed by atoms with E-state index in [4.69, 9.17) is 28.6 Å². The highest BCUT2D eigenvalue weighted by molar-refractivity contribution is 8.26. The van der Waals surface area contributed by atoms with E-state index in [1.807, 2.05) is 54.6 Å². The Labute approximate surface area is 215 Å². The van der Waals surface area contributed by atoms with Crippen LogP contribution in [0, 0.1) is 0 Å². The van der Waals surface area contributed by atoms with Crippen LogP contribution < -0.4 is 9.64 Å². The standard InChI is InChI=1S/C25H17ClN2O3S3/c1-31-17-6-4-5-15(11-17)12-22-24(30)27(25(32)34-22)14-23(29)28-18-7-2-3-8-20(18)33-21-10-9-16(26)13-19(21)28/h2-13H,14H2,1H3. The minimum absolute atomic E-state index is 0.176. The maximum Gasteiger partial charge on any atom is 0.266 e. The van der Waals surface area contributed by atoms with Gasteiger partial charge in [-0.25, -0.2) is 0 Å². The van der Waals surface area contributed by atoms with E-state index < -0.39 is 0 Å². The number of carbonyl (C=O) groups is 2. The first-order valence-corrected chi connectivity index (χ1v) is 12.7. The number of nitrogens with zero attached hydrogens (tertiary/aromatic N) is 2. The first kappa shape index (κ1) is 23.0. The number of amides is 2. The van der Waals surface area contributed by atoms with Gasteiger partial charge < -0.3 is 4.74 Å². The predicted molar refractivity (Wildman–Crippen MR) is 142 cm³/mol. The van der Waals surface area contributed by atoms with E-state index in [0.29, 0.717) is 25.7 Å². The second kappa shape index (κ2) is 9.46. The van der Waals surface area contributed by atoms with Gasteiger partial charge in [-0.3, -0.25) is 19.4 Å². The average molecular weight is 525 g/mol. The molecule has 0 N–H and O–H groups in total. The van der Waals surface area contributed by atoms with Gasteiger partial charge in [0.2, 0.25) is 0 Å². The maximum atomic E-state index is 13.6. The minimum atomic E-state index is -0.294. The molecule has 0 unspecified atom stereocenters. The van der Waals surface area contributed by atoms with Crippen LogP contribution >= 0.6 is 47.3 Å². The fourth-order valence-corrected chi connectivity index (χ4v) is 6.18. The van der Waals surface area contributed by atoms with Gasteiger partial charge in [-0.15, -0.1) is 0 Å². The van der Waals surface area contributed by atoms with E-state index in [2.05, 4.69) is 0 Å². The van der Waals surface area contributed by atoms with E-state index in [0.717, 1.165) is 21.0 Å². The van der Waals surface area contributed by atoms with Crippen molar-refractivity contribution in [2.75, 3.05) is 18.6 Å². The monoisotopic (exact) mass is 524 g/mol. The van der Waals surface area contributed by atoms with Crippen molar-refractivity contribution in [2.45, 2.75) is 9.79 Å². The van der Waals surface area contributed by atoms with E-state index in [1.54, 1.807) is 42.0 Å². The van der Waals surface area contributed by atoms with Crippen molar-refractivity contribution in [1.82, 2.24) is 4.90 Å². The number of ether oxygens (including phenoxy) is 1. The van der Waals surface area contributed by atoms with Crippen LogP contribution in [0.15, 0.2) is 81.4 Å². The Bertz CT molecular complexity index is 1380. The van der Waals surface area contributed by atoms with Gasteiger partial charge >= 0.3 is 0 Å². The molecule has 5 rings (SSSR count). The van der Waals surface area contributed by atoms with Crippen LogP contribution in [-0.2, 0) is 9.59 Å². The summed E-state index contributed by atoms with van der Waals surface area (Å²) >= 11 is 14.5. The Morgan fingerprint density at radius 2 is 1.82 bits per heavy atom. The molecule has 2 aliphatic rings. The molecule has 3 aromatic rings. The molecular weight excluding hydrogens is 508 g/mol. The van der Waals surface area contributed by atoms with Gasteiger partial charge in [0.15, 0.2) is 0 Å². The lowest BCUT2D eigenvalue weighted by molar-refractivity contribution is -0.127. The smallest absolute Gasteiger partial charge is 0.266 e. The molecule has 5 nitrogen and oxygen atoms in total. The summed E-state index contributed by atoms with van der Waals surface area (Å²) in [7, 11) is 1.59. The third kappa shape index (κ3) is 4.34. The van der Waals surface area contributed by atoms with Crippen LogP contribution in [0.5, 0.6) is 5.75 Å². The maximum absolute atomic E-state index is 13.6. The molecule has 0 radical (unpaired) electrons. The average Bonchev–Trinajstić information content (AvgIpc) is 3.09. The van der Waals surface area contributed by atoms with Gasteiger partial charge in [0.1, 0.15) is 16.6 Å². The number of hydrogen-bond donors (Lipinski definition) is 0. The van der Waals surface area contributed by atoms with E-state index >= 15 is 0 Å². The highest BCUT2D eigenvalue weighted by atomic mass is 35.5. The number of fused-ring (bicyclic) bond motifs is 2. The predicted octanol–water partition coefficient (Wildman–Crippen LogP) is 6.38. The molecule has 0 aromatic heterocycles. The van der Waals surface area contributed by atoms with Crippen molar-refractivity contribution in [3.63, 3.8) is 0 Å². The number of thioether (sulfide) groups is 1. The van der Waals surface area contributed by atoms with Crippen molar-refractivity contribution in [2.24, 2.45) is 0 Å². The van der Waals surface area contributed by atoms with Crippen LogP contribution in [0.3, 0.4) is 0 Å². The molecule has 0 spiro atoms. The molecule has 0 bridgehead atoms. The zero-order valence-electron chi connectivity index (χ0n) is 17.9. The van der Waals surface area contributed by atoms with Crippen molar-refractivity contribution < 1.29 is 14.3 Å². The van der Waals surface area contributed by atoms with Crippen molar-refractivity contribution in [1.29, 1.82) is 0 Å². The Morgan fingerprint density at radius 3 is 2.65 bits per heavy atom. The molecule has 9 heteroatoms. The summed E-state index contributed by atoms with van der Waals surface area (Å²) in [5, 5.41) is 0.531. The fraction of sp³-hybridized carbons (Fsp3) is 0.0800. The number of methoxy groups -OCH3 is 1. The highest BCUT2D eigenvalue weighted by Crippen LogP contribution is 2.49. The summed E-state index contributed by atoms with van der Waals surface area (Å²) in [6, 6.07) is 20.5. The second-order valence-electron chi connectivity index (χ2n) is 7.46. The number of para-hydroxylation sites is 1. The molecule has 2 heterocycles. The molecule has 0 saturated carbocycles. The van der Waals surface area contributed by atoms with Gasteiger partial charge in [0.25, 0.3) is 11.8 Å². The Hall–Kier alpha value is -2.78. The van der Waals surface area contributed by atoms with Crippen LogP contribution in [0.2, 0.25) is 5.02 Å². The summed E-state index contributed by atoms with van der Waals surface area (Å²) in [6.45, 7) is -0.176. The number of anilines is 2. The van der Waals surface area contributed by atoms with Gasteiger partial charge in [-0.2, -0.15) is 0 Å². The Morgan fingerprint density at radius 1 is 1.03 bits per heavy atom. The lowest BCUT2D eigenvalue weighted by Gasteiger charge is -2.32. The number of hydrogen-bond acceptors (Lipinski definition) is 6. The molecule has 1 fully saturated rings. The minimum Gasteiger partial charge on any atom is -0.497 e. The van der Waals surface area contributed by atoms with E-state index in [9.17, 15) is 9.59 Å². The first-order valence-electron chi connectivity index (χ1n) is 10.2. The first-order chi connectivity index (χ1) is 16.4. The van der Waals surface area contributed by atoms with Crippen LogP contribution in [-0.4, -0.2) is 34.7 Å². The molecule has 2 aliphatic heterocycles. The van der Waals surface area contributed by atoms with Crippen molar-refractivity contribution >= 4 is 80.9 Å². The van der Waals surface area contributed by atoms with Crippen molar-refractivity contribution in [3.8, 4) is 5.75 Å². The van der Waals surface area contributed by atoms with Gasteiger partial charge in [0.05, 0.1) is 23.4 Å². The topological polar surface area (TPSA) is 49.9 Å². The second-order valence-corrected chi connectivity index (χ2v) is 10.7. The van der Waals surface area contributed by atoms with Gasteiger partial charge in [0, 0.05) is 14.8 Å². The quantitative estimate of drug-likeness (QED) is 0.291. The van der Waals surface area contributed by atoms with Crippen LogP contribution in [0.1, 0.15) is 5.56 Å². The third-order valence-electron chi connectivity index (χ3n) is 5.30. The number of rotatable bonds is 4. The summed E-state index contributed by atoms with van der Waals surface area (Å²) in [6.07, 6.45) is 1.76. The zero-order valence-corrected chi connectivity index (χ0v) is 21.1. The Balaban J connectivity index is 1.44. The van der Waals surface area contributed by atoms with Crippen LogP contribution in [0.25, 0.3) is 6.08 Å². The van der Waals surface area contributed by atoms with E-state index in [1.165, 1.54) is 16.7 Å². The molecule has 2 amide bonds. The molecule has 1 saturated heterocycles. The number of halogens is 1. The van der Waals surface area contributed by atoms with Gasteiger partial charge in [-0.05, 0) is 54.1 Å². The molecule has 0 atom stereocenters. The lowest BCUT2D eigenvalue weighted by Crippen LogP contribution is -2.41. The fourth-order valence-electron chi connectivity index (χ4n) is 3.72. The number of carbonyl (C=O) groups excluding carboxylic acids is 2. The van der Waals surface area contributed by atoms with Crippen molar-refractivity contribution in [3.05, 3.63) is 82.2 Å². The Kier molecular flexibility index (Phi) is 6.40. The number of thiocarbonyl (C=S) groups is 1. The highest BCUT2D eigenvalue weighted by Gasteiger charge is 2.36. The molecule has 34 heavy (non-hydrogen) atoms. The molecular formula is C25H17ClN2O3S3. The molecule has 170 valence electrons. The number of benzene rings is 3. The summed E-state index contributed by atoms with van der Waals surface area (Å²) < 4.78 is 5.60. The summed E-state index contributed by atoms with van der Waals surface area (Å²) in [4.78, 5) is 32.1. The molecule has 3 aromatic carbocycles. The van der Waals surface area contributed by atoms with E-state index in [-0.39, 0.29) is 18.4 Å². The van der Waals surface area contributed by atoms with Gasteiger partial charge in [-0.1, -0.05) is 71.6 Å². The normalized spacial score (nSPS) is 16.0. The largest absolute Gasteiger partial charge is 0.497 e. The summed E-state index contributed by atoms with van der Waals surface area (Å²) in [5.74, 6) is 0.130.